The molecule has 5 nitrogen and oxygen atoms in total. The number of nitriles is 1. The van der Waals surface area contributed by atoms with Gasteiger partial charge in [-0.3, -0.25) is 4.79 Å². The van der Waals surface area contributed by atoms with Crippen LogP contribution in [0, 0.1) is 11.3 Å². The summed E-state index contributed by atoms with van der Waals surface area (Å²) in [6.45, 7) is 0. The molecule has 0 radical (unpaired) electrons. The average molecular weight is 288 g/mol. The van der Waals surface area contributed by atoms with Crippen molar-refractivity contribution < 1.29 is 4.79 Å². The fourth-order valence-corrected chi connectivity index (χ4v) is 2.27. The van der Waals surface area contributed by atoms with Crippen molar-refractivity contribution in [2.75, 3.05) is 5.32 Å². The SMILES string of the molecule is N#C/C(C(N)=O)=C1/N=C(c2ccccc2)Nc2ccccc21. The van der Waals surface area contributed by atoms with Crippen molar-refractivity contribution in [3.8, 4) is 6.07 Å². The number of nitrogens with two attached hydrogens (primary N) is 1. The third-order valence-electron chi connectivity index (χ3n) is 3.30. The zero-order chi connectivity index (χ0) is 15.5. The second kappa shape index (κ2) is 5.54. The van der Waals surface area contributed by atoms with Crippen molar-refractivity contribution >= 4 is 23.1 Å². The maximum Gasteiger partial charge on any atom is 0.261 e. The number of aliphatic imine (C=N–C) groups is 1. The van der Waals surface area contributed by atoms with E-state index in [1.807, 2.05) is 54.6 Å². The summed E-state index contributed by atoms with van der Waals surface area (Å²) in [6.07, 6.45) is 0. The third-order valence-corrected chi connectivity index (χ3v) is 3.30. The standard InChI is InChI=1S/C17H12N4O/c18-10-13(16(19)22)15-12-8-4-5-9-14(12)20-17(21-15)11-6-2-1-3-7-11/h1-9H,(H2,19,22)(H,20,21)/b15-13-. The topological polar surface area (TPSA) is 91.3 Å². The number of primary amides is 1. The van der Waals surface area contributed by atoms with Crippen LogP contribution in [-0.2, 0) is 4.79 Å². The summed E-state index contributed by atoms with van der Waals surface area (Å²) in [5, 5.41) is 12.4. The number of para-hydroxylation sites is 1. The molecular formula is C17H12N4O. The quantitative estimate of drug-likeness (QED) is 0.656. The second-order valence-electron chi connectivity index (χ2n) is 4.70. The summed E-state index contributed by atoms with van der Waals surface area (Å²) < 4.78 is 0. The first-order valence-corrected chi connectivity index (χ1v) is 6.65. The summed E-state index contributed by atoms with van der Waals surface area (Å²) in [5.74, 6) is -0.214. The fraction of sp³-hybridized carbons (Fsp3) is 0. The first-order valence-electron chi connectivity index (χ1n) is 6.65. The van der Waals surface area contributed by atoms with Crippen LogP contribution in [-0.4, -0.2) is 11.7 Å². The van der Waals surface area contributed by atoms with Gasteiger partial charge in [0.15, 0.2) is 0 Å². The molecule has 22 heavy (non-hydrogen) atoms. The van der Waals surface area contributed by atoms with Crippen LogP contribution in [0.25, 0.3) is 5.70 Å². The Morgan fingerprint density at radius 1 is 1.09 bits per heavy atom. The van der Waals surface area contributed by atoms with E-state index in [2.05, 4.69) is 10.3 Å². The normalized spacial score (nSPS) is 15.0. The summed E-state index contributed by atoms with van der Waals surface area (Å²) in [6, 6.07) is 18.7. The predicted molar refractivity (Wildman–Crippen MR) is 84.8 cm³/mol. The highest BCUT2D eigenvalue weighted by Crippen LogP contribution is 2.32. The van der Waals surface area contributed by atoms with Crippen LogP contribution in [0.3, 0.4) is 0 Å². The number of anilines is 1. The largest absolute Gasteiger partial charge is 0.365 e. The maximum absolute atomic E-state index is 11.5. The lowest BCUT2D eigenvalue weighted by Crippen LogP contribution is -2.21. The zero-order valence-electron chi connectivity index (χ0n) is 11.6. The van der Waals surface area contributed by atoms with E-state index in [-0.39, 0.29) is 5.57 Å². The Hall–Kier alpha value is -3.39. The maximum atomic E-state index is 11.5. The van der Waals surface area contributed by atoms with E-state index in [0.717, 1.165) is 11.3 Å². The average Bonchev–Trinajstić information content (AvgIpc) is 2.56. The number of hydrogen-bond acceptors (Lipinski definition) is 4. The molecule has 1 aliphatic heterocycles. The lowest BCUT2D eigenvalue weighted by Gasteiger charge is -2.20. The van der Waals surface area contributed by atoms with Gasteiger partial charge in [-0.25, -0.2) is 4.99 Å². The highest BCUT2D eigenvalue weighted by atomic mass is 16.1. The molecule has 0 aliphatic carbocycles. The number of nitrogens with zero attached hydrogens (tertiary/aromatic N) is 2. The van der Waals surface area contributed by atoms with Crippen molar-refractivity contribution in [2.45, 2.75) is 0 Å². The van der Waals surface area contributed by atoms with Crippen LogP contribution < -0.4 is 11.1 Å². The first-order chi connectivity index (χ1) is 10.7. The van der Waals surface area contributed by atoms with E-state index < -0.39 is 5.91 Å². The number of hydrogen-bond donors (Lipinski definition) is 2. The number of carbonyl (C=O) groups is 1. The minimum atomic E-state index is -0.787. The van der Waals surface area contributed by atoms with Gasteiger partial charge in [-0.2, -0.15) is 5.26 Å². The van der Waals surface area contributed by atoms with E-state index >= 15 is 0 Å². The molecule has 3 N–H and O–H groups in total. The van der Waals surface area contributed by atoms with Gasteiger partial charge in [0.25, 0.3) is 5.91 Å². The van der Waals surface area contributed by atoms with E-state index in [4.69, 9.17) is 5.73 Å². The number of carbonyl (C=O) groups excluding carboxylic acids is 1. The number of nitrogens with one attached hydrogen (secondary N) is 1. The Bertz CT molecular complexity index is 844. The van der Waals surface area contributed by atoms with E-state index in [1.165, 1.54) is 0 Å². The van der Waals surface area contributed by atoms with Crippen LogP contribution >= 0.6 is 0 Å². The Balaban J connectivity index is 2.24. The fourth-order valence-electron chi connectivity index (χ4n) is 2.27. The first kappa shape index (κ1) is 13.6. The molecule has 106 valence electrons. The molecule has 0 atom stereocenters. The van der Waals surface area contributed by atoms with E-state index in [0.29, 0.717) is 17.1 Å². The number of benzene rings is 2. The molecule has 1 heterocycles. The smallest absolute Gasteiger partial charge is 0.261 e. The van der Waals surface area contributed by atoms with Gasteiger partial charge in [-0.1, -0.05) is 48.5 Å². The predicted octanol–water partition coefficient (Wildman–Crippen LogP) is 2.28. The molecule has 0 spiro atoms. The van der Waals surface area contributed by atoms with Crippen LogP contribution in [0.4, 0.5) is 5.69 Å². The molecule has 0 bridgehead atoms. The highest BCUT2D eigenvalue weighted by molar-refractivity contribution is 6.16. The van der Waals surface area contributed by atoms with E-state index in [1.54, 1.807) is 6.07 Å². The molecule has 1 amide bonds. The van der Waals surface area contributed by atoms with Gasteiger partial charge in [0.2, 0.25) is 0 Å². The molecule has 5 heteroatoms. The molecule has 1 aliphatic rings. The van der Waals surface area contributed by atoms with Gasteiger partial charge in [-0.15, -0.1) is 0 Å². The highest BCUT2D eigenvalue weighted by Gasteiger charge is 2.22. The molecule has 3 rings (SSSR count). The molecule has 0 unspecified atom stereocenters. The molecule has 0 saturated carbocycles. The van der Waals surface area contributed by atoms with Gasteiger partial charge in [0, 0.05) is 16.8 Å². The van der Waals surface area contributed by atoms with Crippen LogP contribution in [0.5, 0.6) is 0 Å². The monoisotopic (exact) mass is 288 g/mol. The molecule has 2 aromatic rings. The lowest BCUT2D eigenvalue weighted by molar-refractivity contribution is -0.114. The van der Waals surface area contributed by atoms with Crippen molar-refractivity contribution in [1.82, 2.24) is 0 Å². The van der Waals surface area contributed by atoms with E-state index in [9.17, 15) is 10.1 Å². The Morgan fingerprint density at radius 3 is 2.45 bits per heavy atom. The minimum absolute atomic E-state index is 0.151. The summed E-state index contributed by atoms with van der Waals surface area (Å²) in [5.41, 5.74) is 7.77. The Kier molecular flexibility index (Phi) is 3.42. The van der Waals surface area contributed by atoms with Gasteiger partial charge in [-0.05, 0) is 6.07 Å². The number of amidine groups is 1. The second-order valence-corrected chi connectivity index (χ2v) is 4.70. The number of rotatable bonds is 2. The lowest BCUT2D eigenvalue weighted by atomic mass is 10.0. The van der Waals surface area contributed by atoms with Crippen molar-refractivity contribution in [2.24, 2.45) is 10.7 Å². The van der Waals surface area contributed by atoms with Gasteiger partial charge in [0.1, 0.15) is 17.5 Å². The van der Waals surface area contributed by atoms with Crippen LogP contribution in [0.15, 0.2) is 65.2 Å². The molecule has 2 aromatic carbocycles. The molecule has 0 saturated heterocycles. The number of fused-ring (bicyclic) bond motifs is 1. The molecule has 0 fully saturated rings. The van der Waals surface area contributed by atoms with Gasteiger partial charge < -0.3 is 11.1 Å². The van der Waals surface area contributed by atoms with Gasteiger partial charge >= 0.3 is 0 Å². The van der Waals surface area contributed by atoms with Crippen LogP contribution in [0.1, 0.15) is 11.1 Å². The van der Waals surface area contributed by atoms with Crippen LogP contribution in [0.2, 0.25) is 0 Å². The van der Waals surface area contributed by atoms with Crippen molar-refractivity contribution in [3.05, 3.63) is 71.3 Å². The zero-order valence-corrected chi connectivity index (χ0v) is 11.6. The third kappa shape index (κ3) is 2.34. The van der Waals surface area contributed by atoms with Crippen molar-refractivity contribution in [3.63, 3.8) is 0 Å². The summed E-state index contributed by atoms with van der Waals surface area (Å²) in [7, 11) is 0. The molecule has 0 aromatic heterocycles. The molecular weight excluding hydrogens is 276 g/mol. The number of amides is 1. The Labute approximate surface area is 127 Å². The van der Waals surface area contributed by atoms with Crippen molar-refractivity contribution in [1.29, 1.82) is 5.26 Å². The Morgan fingerprint density at radius 2 is 1.77 bits per heavy atom. The van der Waals surface area contributed by atoms with Gasteiger partial charge in [0.05, 0.1) is 5.70 Å². The summed E-state index contributed by atoms with van der Waals surface area (Å²) >= 11 is 0. The minimum Gasteiger partial charge on any atom is -0.365 e. The summed E-state index contributed by atoms with van der Waals surface area (Å²) in [4.78, 5) is 16.0.